The third kappa shape index (κ3) is 11.5. The van der Waals surface area contributed by atoms with Crippen molar-refractivity contribution in [2.24, 2.45) is 0 Å². The Balaban J connectivity index is 0.00000382. The van der Waals surface area contributed by atoms with Gasteiger partial charge in [-0.3, -0.25) is 0 Å². The number of aromatic hydroxyl groups is 1. The molecule has 0 heterocycles. The number of phenolic OH excluding ortho intramolecular Hbond substituents is 1. The van der Waals surface area contributed by atoms with E-state index in [4.69, 9.17) is 14.6 Å². The minimum Gasteiger partial charge on any atom is -0.665 e. The van der Waals surface area contributed by atoms with Crippen molar-refractivity contribution in [1.82, 2.24) is 0 Å². The van der Waals surface area contributed by atoms with Crippen LogP contribution in [-0.4, -0.2) is 27.2 Å². The summed E-state index contributed by atoms with van der Waals surface area (Å²) in [5, 5.41) is 17.9. The standard InChI is InChI=1S/C32H47O3S2.CHO2.Y/c1-28(2,3)22-15-20(16-23(26(22)34)29(4,5)6)36-32(13,14)37-21-17-24(30(7,8)9)27(35-19-33)25(18-21)31(10,11)12;2-1-3;/h15-18,34H,1-14H3;(H,2,3);/q2*-1;+3. The largest absolute Gasteiger partial charge is 3.00 e. The Kier molecular flexibility index (Phi) is 14.3. The third-order valence-corrected chi connectivity index (χ3v) is 8.67. The Morgan fingerprint density at radius 2 is 0.878 bits per heavy atom. The summed E-state index contributed by atoms with van der Waals surface area (Å²) in [7, 11) is 0. The van der Waals surface area contributed by atoms with Gasteiger partial charge >= 0.3 is 32.7 Å². The fourth-order valence-corrected chi connectivity index (χ4v) is 6.91. The van der Waals surface area contributed by atoms with Crippen LogP contribution in [0.15, 0.2) is 34.1 Å². The van der Waals surface area contributed by atoms with E-state index < -0.39 is 0 Å². The molecule has 5 nitrogen and oxygen atoms in total. The van der Waals surface area contributed by atoms with Gasteiger partial charge in [-0.1, -0.05) is 113 Å². The SMILES string of the molecule is CC(C)(Sc1cc(C(C)(C)C)c(O)c(C(C)(C)C)c1)Sc1cc(C(C)(C)C)c(O[C-]=O)c(C(C)(C)C)c1.O=[C-]O.[Y+3]. The number of aliphatic hydroxyl groups excluding tert-OH is 1. The van der Waals surface area contributed by atoms with Crippen molar-refractivity contribution >= 4 is 36.5 Å². The molecule has 0 amide bonds. The molecule has 0 aliphatic carbocycles. The van der Waals surface area contributed by atoms with Crippen molar-refractivity contribution in [3.05, 3.63) is 46.5 Å². The summed E-state index contributed by atoms with van der Waals surface area (Å²) >= 11 is 3.61. The second kappa shape index (κ2) is 14.6. The zero-order valence-corrected chi connectivity index (χ0v) is 31.8. The molecule has 0 spiro atoms. The molecule has 0 saturated carbocycles. The maximum atomic E-state index is 11.3. The smallest absolute Gasteiger partial charge is 0.665 e. The van der Waals surface area contributed by atoms with Crippen LogP contribution in [0.5, 0.6) is 11.5 Å². The molecular formula is C33H48O5S2Y+. The molecule has 0 fully saturated rings. The van der Waals surface area contributed by atoms with Gasteiger partial charge < -0.3 is 24.5 Å². The van der Waals surface area contributed by atoms with Gasteiger partial charge in [-0.15, -0.1) is 23.5 Å². The molecule has 2 aromatic carbocycles. The molecular weight excluding hydrogens is 629 g/mol. The van der Waals surface area contributed by atoms with Crippen LogP contribution in [0.25, 0.3) is 0 Å². The number of thioether (sulfide) groups is 2. The van der Waals surface area contributed by atoms with Gasteiger partial charge in [-0.2, -0.15) is 0 Å². The van der Waals surface area contributed by atoms with Crippen molar-refractivity contribution in [2.75, 3.05) is 0 Å². The summed E-state index contributed by atoms with van der Waals surface area (Å²) in [5.74, 6) is 1.02. The first-order chi connectivity index (χ1) is 17.9. The molecule has 8 heteroatoms. The number of benzene rings is 2. The van der Waals surface area contributed by atoms with Crippen LogP contribution in [0.4, 0.5) is 0 Å². The quantitative estimate of drug-likeness (QED) is 0.179. The van der Waals surface area contributed by atoms with E-state index in [0.717, 1.165) is 32.0 Å². The Bertz CT molecular complexity index is 1120. The van der Waals surface area contributed by atoms with Crippen molar-refractivity contribution in [3.63, 3.8) is 0 Å². The van der Waals surface area contributed by atoms with E-state index in [1.165, 1.54) is 0 Å². The number of carbonyl (C=O) groups excluding carboxylic acids is 1. The van der Waals surface area contributed by atoms with Crippen LogP contribution < -0.4 is 4.74 Å². The summed E-state index contributed by atoms with van der Waals surface area (Å²) in [6.07, 6.45) is 0. The first kappa shape index (κ1) is 40.0. The van der Waals surface area contributed by atoms with Gasteiger partial charge in [-0.25, -0.2) is 0 Å². The van der Waals surface area contributed by atoms with E-state index >= 15 is 0 Å². The van der Waals surface area contributed by atoms with Crippen molar-refractivity contribution in [1.29, 1.82) is 0 Å². The monoisotopic (exact) mass is 677 g/mol. The van der Waals surface area contributed by atoms with E-state index in [2.05, 4.69) is 121 Å². The summed E-state index contributed by atoms with van der Waals surface area (Å²) in [5.41, 5.74) is 3.18. The number of phenols is 1. The second-order valence-electron chi connectivity index (χ2n) is 14.6. The van der Waals surface area contributed by atoms with Crippen molar-refractivity contribution in [3.8, 4) is 11.5 Å². The van der Waals surface area contributed by atoms with Crippen LogP contribution in [0.3, 0.4) is 0 Å². The van der Waals surface area contributed by atoms with Gasteiger partial charge in [0.1, 0.15) is 5.75 Å². The van der Waals surface area contributed by atoms with Gasteiger partial charge in [-0.05, 0) is 53.4 Å². The van der Waals surface area contributed by atoms with E-state index in [0.29, 0.717) is 18.0 Å². The number of hydrogen-bond donors (Lipinski definition) is 2. The molecule has 0 aromatic heterocycles. The van der Waals surface area contributed by atoms with Crippen LogP contribution in [-0.2, 0) is 64.0 Å². The first-order valence-electron chi connectivity index (χ1n) is 13.4. The van der Waals surface area contributed by atoms with Gasteiger partial charge in [0.05, 0.1) is 4.08 Å². The molecule has 0 atom stereocenters. The maximum Gasteiger partial charge on any atom is 3.00 e. The second-order valence-corrected chi connectivity index (χ2v) is 18.2. The average molecular weight is 678 g/mol. The Hall–Kier alpha value is -1.02. The average Bonchev–Trinajstić information content (AvgIpc) is 2.72. The topological polar surface area (TPSA) is 83.8 Å². The molecule has 0 radical (unpaired) electrons. The fraction of sp³-hybridized carbons (Fsp3) is 0.576. The normalized spacial score (nSPS) is 12.5. The predicted octanol–water partition coefficient (Wildman–Crippen LogP) is 9.26. The van der Waals surface area contributed by atoms with Crippen LogP contribution in [0.1, 0.15) is 119 Å². The molecule has 0 aliphatic heterocycles. The van der Waals surface area contributed by atoms with Gasteiger partial charge in [0.15, 0.2) is 6.47 Å². The van der Waals surface area contributed by atoms with Crippen LogP contribution in [0, 0.1) is 0 Å². The third-order valence-electron chi connectivity index (χ3n) is 6.25. The number of rotatable bonds is 6. The molecule has 224 valence electrons. The summed E-state index contributed by atoms with van der Waals surface area (Å²) in [6.45, 7) is 32.3. The van der Waals surface area contributed by atoms with Crippen molar-refractivity contribution < 1.29 is 57.2 Å². The van der Waals surface area contributed by atoms with E-state index in [1.54, 1.807) is 18.2 Å². The zero-order valence-electron chi connectivity index (χ0n) is 27.3. The van der Waals surface area contributed by atoms with Gasteiger partial charge in [0, 0.05) is 20.9 Å². The van der Waals surface area contributed by atoms with Crippen LogP contribution in [0.2, 0.25) is 0 Å². The molecule has 0 unspecified atom stereocenters. The zero-order chi connectivity index (χ0) is 31.5. The van der Waals surface area contributed by atoms with Gasteiger partial charge in [0.25, 0.3) is 0 Å². The molecule has 0 saturated heterocycles. The van der Waals surface area contributed by atoms with E-state index in [1.807, 2.05) is 11.8 Å². The molecule has 2 N–H and O–H groups in total. The number of ether oxygens (including phenoxy) is 1. The summed E-state index contributed by atoms with van der Waals surface area (Å²) in [6, 6.07) is 8.62. The molecule has 0 aliphatic rings. The van der Waals surface area contributed by atoms with Crippen molar-refractivity contribution in [2.45, 2.75) is 132 Å². The van der Waals surface area contributed by atoms with Gasteiger partial charge in [0.2, 0.25) is 0 Å². The Morgan fingerprint density at radius 1 is 0.610 bits per heavy atom. The van der Waals surface area contributed by atoms with E-state index in [9.17, 15) is 9.90 Å². The fourth-order valence-electron chi connectivity index (χ4n) is 4.33. The molecule has 0 bridgehead atoms. The molecule has 2 rings (SSSR count). The minimum atomic E-state index is -0.208. The van der Waals surface area contributed by atoms with E-state index in [-0.39, 0.29) is 58.4 Å². The number of hydrogen-bond acceptors (Lipinski definition) is 6. The Morgan fingerprint density at radius 3 is 1.12 bits per heavy atom. The summed E-state index contributed by atoms with van der Waals surface area (Å²) in [4.78, 5) is 21.8. The minimum absolute atomic E-state index is 0. The van der Waals surface area contributed by atoms with Crippen LogP contribution >= 0.6 is 23.5 Å². The predicted molar refractivity (Wildman–Crippen MR) is 170 cm³/mol. The first-order valence-corrected chi connectivity index (χ1v) is 15.0. The molecule has 41 heavy (non-hydrogen) atoms. The Labute approximate surface area is 282 Å². The molecule has 2 aromatic rings. The summed E-state index contributed by atoms with van der Waals surface area (Å²) < 4.78 is 5.26. The maximum absolute atomic E-state index is 11.3.